The van der Waals surface area contributed by atoms with Crippen LogP contribution in [0.3, 0.4) is 0 Å². The Morgan fingerprint density at radius 2 is 2.22 bits per heavy atom. The topological polar surface area (TPSA) is 46.3 Å². The van der Waals surface area contributed by atoms with Crippen molar-refractivity contribution in [2.45, 2.75) is 6.92 Å². The van der Waals surface area contributed by atoms with Crippen LogP contribution in [0.2, 0.25) is 0 Å². The highest BCUT2D eigenvalue weighted by molar-refractivity contribution is 5.91. The van der Waals surface area contributed by atoms with Gasteiger partial charge in [-0.3, -0.25) is 9.80 Å². The van der Waals surface area contributed by atoms with Crippen LogP contribution in [0.25, 0.3) is 0 Å². The maximum absolute atomic E-state index is 10.5. The Balaban J connectivity index is 4.03. The number of ketones is 1. The lowest BCUT2D eigenvalue weighted by Gasteiger charge is -2.11. The van der Waals surface area contributed by atoms with E-state index in [1.807, 2.05) is 0 Å². The van der Waals surface area contributed by atoms with Crippen molar-refractivity contribution >= 4 is 5.78 Å². The zero-order valence-corrected chi connectivity index (χ0v) is 5.42. The summed E-state index contributed by atoms with van der Waals surface area (Å²) in [5.41, 5.74) is 0.241. The van der Waals surface area contributed by atoms with Gasteiger partial charge in [-0.05, 0) is 0 Å². The molecule has 0 amide bonds. The van der Waals surface area contributed by atoms with Crippen LogP contribution in [-0.4, -0.2) is 10.8 Å². The average Bonchev–Trinajstić information content (AvgIpc) is 1.84. The highest BCUT2D eigenvalue weighted by Crippen LogP contribution is 1.94. The summed E-state index contributed by atoms with van der Waals surface area (Å²) < 4.78 is 0. The molecule has 3 nitrogen and oxygen atoms in total. The molecule has 9 heavy (non-hydrogen) atoms. The van der Waals surface area contributed by atoms with Crippen LogP contribution in [0.4, 0.5) is 0 Å². The molecule has 2 N–H and O–H groups in total. The fourth-order valence-corrected chi connectivity index (χ4v) is 0.292. The zero-order chi connectivity index (χ0) is 7.44. The van der Waals surface area contributed by atoms with E-state index in [-0.39, 0.29) is 11.5 Å². The van der Waals surface area contributed by atoms with Crippen LogP contribution in [0.5, 0.6) is 0 Å². The highest BCUT2D eigenvalue weighted by atomic mass is 16.1. The maximum Gasteiger partial charge on any atom is 0.176 e. The Bertz CT molecular complexity index is 151. The van der Waals surface area contributed by atoms with E-state index in [0.717, 1.165) is 5.01 Å². The molecule has 0 atom stereocenters. The molecule has 0 rings (SSSR count). The van der Waals surface area contributed by atoms with Gasteiger partial charge in [0, 0.05) is 13.1 Å². The molecule has 0 aliphatic heterocycles. The maximum atomic E-state index is 10.5. The van der Waals surface area contributed by atoms with Gasteiger partial charge in [0.25, 0.3) is 0 Å². The molecule has 0 aliphatic carbocycles. The van der Waals surface area contributed by atoms with Gasteiger partial charge in [-0.25, -0.2) is 5.84 Å². The number of rotatable bonds is 3. The van der Waals surface area contributed by atoms with Gasteiger partial charge in [-0.15, -0.1) is 0 Å². The van der Waals surface area contributed by atoms with Crippen molar-refractivity contribution in [2.75, 3.05) is 0 Å². The number of Topliss-reactive ketones (excluding diaryl/α,β-unsaturated/α-hetero) is 1. The highest BCUT2D eigenvalue weighted by Gasteiger charge is 2.01. The summed E-state index contributed by atoms with van der Waals surface area (Å²) in [6, 6.07) is 0. The number of hydrogen-bond donors (Lipinski definition) is 1. The van der Waals surface area contributed by atoms with Crippen LogP contribution < -0.4 is 5.84 Å². The SMILES string of the molecule is C=CN(N)C(=C)C(C)=O. The van der Waals surface area contributed by atoms with E-state index in [1.165, 1.54) is 13.1 Å². The summed E-state index contributed by atoms with van der Waals surface area (Å²) in [5, 5.41) is 1.09. The normalized spacial score (nSPS) is 8.22. The van der Waals surface area contributed by atoms with Crippen molar-refractivity contribution < 1.29 is 4.79 Å². The molecule has 0 heterocycles. The third-order valence-corrected chi connectivity index (χ3v) is 0.915. The van der Waals surface area contributed by atoms with Crippen molar-refractivity contribution in [3.63, 3.8) is 0 Å². The summed E-state index contributed by atoms with van der Waals surface area (Å²) in [5.74, 6) is 5.06. The second kappa shape index (κ2) is 3.04. The van der Waals surface area contributed by atoms with E-state index in [4.69, 9.17) is 5.84 Å². The first kappa shape index (κ1) is 7.91. The zero-order valence-electron chi connectivity index (χ0n) is 5.42. The Labute approximate surface area is 54.4 Å². The molecule has 50 valence electrons. The number of hydrazine groups is 1. The quantitative estimate of drug-likeness (QED) is 0.338. The van der Waals surface area contributed by atoms with Gasteiger partial charge in [0.05, 0.1) is 5.70 Å². The second-order valence-electron chi connectivity index (χ2n) is 1.59. The third kappa shape index (κ3) is 2.10. The number of nitrogens with zero attached hydrogens (tertiary/aromatic N) is 1. The van der Waals surface area contributed by atoms with Crippen LogP contribution >= 0.6 is 0 Å². The molecule has 0 bridgehead atoms. The number of hydrogen-bond acceptors (Lipinski definition) is 3. The van der Waals surface area contributed by atoms with Gasteiger partial charge in [0.2, 0.25) is 0 Å². The molecule has 0 aromatic rings. The van der Waals surface area contributed by atoms with Gasteiger partial charge in [-0.2, -0.15) is 0 Å². The fraction of sp³-hybridized carbons (Fsp3) is 0.167. The molecule has 0 aromatic carbocycles. The lowest BCUT2D eigenvalue weighted by molar-refractivity contribution is -0.114. The van der Waals surface area contributed by atoms with Crippen LogP contribution in [0.15, 0.2) is 25.1 Å². The van der Waals surface area contributed by atoms with E-state index in [1.54, 1.807) is 0 Å². The average molecular weight is 126 g/mol. The first-order valence-electron chi connectivity index (χ1n) is 2.46. The number of allylic oxidation sites excluding steroid dienone is 1. The molecule has 0 spiro atoms. The minimum absolute atomic E-state index is 0.155. The molecular formula is C6H10N2O. The minimum Gasteiger partial charge on any atom is -0.293 e. The number of nitrogens with two attached hydrogens (primary N) is 1. The standard InChI is InChI=1S/C6H10N2O/c1-4-8(7)5(2)6(3)9/h4H,1-2,7H2,3H3. The van der Waals surface area contributed by atoms with E-state index in [2.05, 4.69) is 13.2 Å². The first-order chi connectivity index (χ1) is 4.09. The second-order valence-corrected chi connectivity index (χ2v) is 1.59. The van der Waals surface area contributed by atoms with Gasteiger partial charge in [0.15, 0.2) is 5.78 Å². The number of carbonyl (C=O) groups excluding carboxylic acids is 1. The molecule has 0 fully saturated rings. The van der Waals surface area contributed by atoms with Crippen molar-refractivity contribution in [1.82, 2.24) is 5.01 Å². The Hall–Kier alpha value is -1.09. The van der Waals surface area contributed by atoms with Gasteiger partial charge >= 0.3 is 0 Å². The summed E-state index contributed by atoms with van der Waals surface area (Å²) >= 11 is 0. The summed E-state index contributed by atoms with van der Waals surface area (Å²) in [7, 11) is 0. The fourth-order valence-electron chi connectivity index (χ4n) is 0.292. The molecule has 0 aromatic heterocycles. The van der Waals surface area contributed by atoms with Crippen LogP contribution in [0, 0.1) is 0 Å². The molecule has 0 radical (unpaired) electrons. The molecule has 3 heteroatoms. The summed E-state index contributed by atoms with van der Waals surface area (Å²) in [6.07, 6.45) is 1.32. The minimum atomic E-state index is -0.155. The van der Waals surface area contributed by atoms with Crippen molar-refractivity contribution in [3.05, 3.63) is 25.1 Å². The smallest absolute Gasteiger partial charge is 0.176 e. The molecule has 0 unspecified atom stereocenters. The van der Waals surface area contributed by atoms with Gasteiger partial charge < -0.3 is 0 Å². The Kier molecular flexibility index (Phi) is 2.67. The van der Waals surface area contributed by atoms with Crippen molar-refractivity contribution in [3.8, 4) is 0 Å². The lowest BCUT2D eigenvalue weighted by atomic mass is 10.3. The Morgan fingerprint density at radius 1 is 1.78 bits per heavy atom. The van der Waals surface area contributed by atoms with Crippen LogP contribution in [0.1, 0.15) is 6.92 Å². The summed E-state index contributed by atoms with van der Waals surface area (Å²) in [4.78, 5) is 10.5. The predicted molar refractivity (Wildman–Crippen MR) is 36.0 cm³/mol. The van der Waals surface area contributed by atoms with Crippen LogP contribution in [-0.2, 0) is 4.79 Å². The van der Waals surface area contributed by atoms with E-state index in [9.17, 15) is 4.79 Å². The van der Waals surface area contributed by atoms with Crippen molar-refractivity contribution in [2.24, 2.45) is 5.84 Å². The van der Waals surface area contributed by atoms with Crippen molar-refractivity contribution in [1.29, 1.82) is 0 Å². The number of carbonyl (C=O) groups is 1. The first-order valence-corrected chi connectivity index (χ1v) is 2.46. The van der Waals surface area contributed by atoms with Gasteiger partial charge in [0.1, 0.15) is 0 Å². The summed E-state index contributed by atoms with van der Waals surface area (Å²) in [6.45, 7) is 8.15. The van der Waals surface area contributed by atoms with E-state index >= 15 is 0 Å². The molecule has 0 aliphatic rings. The monoisotopic (exact) mass is 126 g/mol. The molecule has 0 saturated carbocycles. The molecule has 0 saturated heterocycles. The van der Waals surface area contributed by atoms with E-state index in [0.29, 0.717) is 0 Å². The predicted octanol–water partition coefficient (Wildman–Crippen LogP) is 0.408. The van der Waals surface area contributed by atoms with E-state index < -0.39 is 0 Å². The molecular weight excluding hydrogens is 116 g/mol. The lowest BCUT2D eigenvalue weighted by Crippen LogP contribution is -2.26. The Morgan fingerprint density at radius 3 is 2.33 bits per heavy atom. The van der Waals surface area contributed by atoms with Gasteiger partial charge in [-0.1, -0.05) is 13.2 Å². The third-order valence-electron chi connectivity index (χ3n) is 0.915. The largest absolute Gasteiger partial charge is 0.293 e.